The van der Waals surface area contributed by atoms with E-state index in [2.05, 4.69) is 0 Å². The molecular formula is C29H31NO6S. The van der Waals surface area contributed by atoms with Gasteiger partial charge in [0.25, 0.3) is 0 Å². The number of aromatic nitrogens is 1. The highest BCUT2D eigenvalue weighted by Crippen LogP contribution is 2.38. The van der Waals surface area contributed by atoms with Crippen molar-refractivity contribution in [2.24, 2.45) is 5.41 Å². The second-order valence-corrected chi connectivity index (χ2v) is 11.6. The van der Waals surface area contributed by atoms with Gasteiger partial charge in [-0.3, -0.25) is 9.59 Å². The Hall–Kier alpha value is -3.49. The first kappa shape index (κ1) is 26.6. The number of ether oxygens (including phenoxy) is 1. The van der Waals surface area contributed by atoms with Crippen LogP contribution in [0.3, 0.4) is 0 Å². The van der Waals surface area contributed by atoms with E-state index >= 15 is 0 Å². The molecule has 0 aliphatic heterocycles. The first-order valence-electron chi connectivity index (χ1n) is 12.2. The van der Waals surface area contributed by atoms with E-state index in [1.165, 1.54) is 24.3 Å². The molecule has 0 atom stereocenters. The van der Waals surface area contributed by atoms with Gasteiger partial charge in [0.15, 0.2) is 9.84 Å². The fourth-order valence-electron chi connectivity index (χ4n) is 4.71. The lowest BCUT2D eigenvalue weighted by Crippen LogP contribution is -2.32. The predicted octanol–water partition coefficient (Wildman–Crippen LogP) is 5.00. The third-order valence-electron chi connectivity index (χ3n) is 6.83. The van der Waals surface area contributed by atoms with E-state index in [0.29, 0.717) is 37.3 Å². The number of nitrogens with zero attached hydrogens (tertiary/aromatic N) is 1. The largest absolute Gasteiger partial charge is 0.481 e. The van der Waals surface area contributed by atoms with Crippen molar-refractivity contribution < 1.29 is 27.9 Å². The topological polar surface area (TPSA) is 103 Å². The highest BCUT2D eigenvalue weighted by Gasteiger charge is 2.41. The number of allylic oxidation sites excluding steroid dienone is 1. The number of benzene rings is 2. The Morgan fingerprint density at radius 3 is 2.46 bits per heavy atom. The number of aliphatic carboxylic acids is 1. The molecule has 1 saturated carbocycles. The molecule has 1 aliphatic rings. The third-order valence-corrected chi connectivity index (χ3v) is 7.96. The molecule has 0 spiro atoms. The first-order chi connectivity index (χ1) is 17.7. The van der Waals surface area contributed by atoms with Crippen LogP contribution in [-0.2, 0) is 32.5 Å². The number of hydrogen-bond donors (Lipinski definition) is 1. The lowest BCUT2D eigenvalue weighted by atomic mass is 9.87. The number of carbonyl (C=O) groups is 2. The minimum Gasteiger partial charge on any atom is -0.481 e. The number of ketones is 1. The van der Waals surface area contributed by atoms with Crippen LogP contribution >= 0.6 is 0 Å². The van der Waals surface area contributed by atoms with Crippen molar-refractivity contribution in [3.8, 4) is 0 Å². The molecule has 37 heavy (non-hydrogen) atoms. The number of rotatable bonds is 11. The molecule has 1 aliphatic carbocycles. The standard InChI is InChI=1S/C29H31NO6S/c1-37(34,35)25-13-11-24(12-14-25)27(31)26-10-6-18-30(26)17-5-9-22-7-4-8-23(19-22)20-36-21-29(28(32)33)15-2-3-16-29/h4-14,18-19H,2-3,15-17,20-21H2,1H3,(H,32,33). The summed E-state index contributed by atoms with van der Waals surface area (Å²) < 4.78 is 31.0. The zero-order valence-electron chi connectivity index (χ0n) is 20.8. The van der Waals surface area contributed by atoms with Crippen LogP contribution in [0.25, 0.3) is 6.08 Å². The minimum absolute atomic E-state index is 0.176. The monoisotopic (exact) mass is 521 g/mol. The molecule has 0 radical (unpaired) electrons. The third kappa shape index (κ3) is 6.45. The molecule has 194 valence electrons. The van der Waals surface area contributed by atoms with Crippen LogP contribution in [0, 0.1) is 5.41 Å². The van der Waals surface area contributed by atoms with Crippen LogP contribution in [-0.4, -0.2) is 42.7 Å². The van der Waals surface area contributed by atoms with Gasteiger partial charge in [0.1, 0.15) is 0 Å². The van der Waals surface area contributed by atoms with E-state index in [4.69, 9.17) is 4.74 Å². The maximum atomic E-state index is 13.0. The first-order valence-corrected chi connectivity index (χ1v) is 14.1. The summed E-state index contributed by atoms with van der Waals surface area (Å²) in [4.78, 5) is 24.9. The Morgan fingerprint density at radius 1 is 1.05 bits per heavy atom. The number of carbonyl (C=O) groups excluding carboxylic acids is 1. The molecule has 0 unspecified atom stereocenters. The fraction of sp³-hybridized carbons (Fsp3) is 0.310. The summed E-state index contributed by atoms with van der Waals surface area (Å²) in [5.74, 6) is -0.950. The summed E-state index contributed by atoms with van der Waals surface area (Å²) >= 11 is 0. The van der Waals surface area contributed by atoms with Gasteiger partial charge < -0.3 is 14.4 Å². The summed E-state index contributed by atoms with van der Waals surface area (Å²) in [6, 6.07) is 17.4. The highest BCUT2D eigenvalue weighted by atomic mass is 32.2. The summed E-state index contributed by atoms with van der Waals surface area (Å²) in [5.41, 5.74) is 2.13. The van der Waals surface area contributed by atoms with Gasteiger partial charge in [-0.2, -0.15) is 0 Å². The van der Waals surface area contributed by atoms with Crippen LogP contribution in [0.5, 0.6) is 0 Å². The molecule has 8 heteroatoms. The average Bonchev–Trinajstić information content (AvgIpc) is 3.54. The smallest absolute Gasteiger partial charge is 0.311 e. The Kier molecular flexibility index (Phi) is 8.10. The normalized spacial score (nSPS) is 15.3. The molecule has 1 aromatic heterocycles. The molecule has 1 N–H and O–H groups in total. The maximum absolute atomic E-state index is 13.0. The van der Waals surface area contributed by atoms with Crippen molar-refractivity contribution in [3.63, 3.8) is 0 Å². The molecule has 0 bridgehead atoms. The quantitative estimate of drug-likeness (QED) is 0.356. The van der Waals surface area contributed by atoms with E-state index in [0.717, 1.165) is 30.2 Å². The van der Waals surface area contributed by atoms with Crippen molar-refractivity contribution in [3.05, 3.63) is 95.3 Å². The van der Waals surface area contributed by atoms with Crippen LogP contribution in [0.1, 0.15) is 52.9 Å². The van der Waals surface area contributed by atoms with E-state index in [9.17, 15) is 23.1 Å². The molecule has 0 saturated heterocycles. The molecule has 0 amide bonds. The number of carboxylic acids is 1. The van der Waals surface area contributed by atoms with E-state index < -0.39 is 21.2 Å². The van der Waals surface area contributed by atoms with Crippen LogP contribution < -0.4 is 0 Å². The summed E-state index contributed by atoms with van der Waals surface area (Å²) in [7, 11) is -3.32. The second kappa shape index (κ2) is 11.3. The van der Waals surface area contributed by atoms with Gasteiger partial charge >= 0.3 is 5.97 Å². The van der Waals surface area contributed by atoms with Gasteiger partial charge in [0.05, 0.1) is 29.2 Å². The van der Waals surface area contributed by atoms with Crippen LogP contribution in [0.2, 0.25) is 0 Å². The van der Waals surface area contributed by atoms with E-state index in [-0.39, 0.29) is 17.3 Å². The van der Waals surface area contributed by atoms with Gasteiger partial charge in [0, 0.05) is 24.6 Å². The van der Waals surface area contributed by atoms with Crippen LogP contribution in [0.15, 0.2) is 77.8 Å². The average molecular weight is 522 g/mol. The van der Waals surface area contributed by atoms with Gasteiger partial charge in [-0.15, -0.1) is 0 Å². The zero-order chi connectivity index (χ0) is 26.5. The Balaban J connectivity index is 1.36. The van der Waals surface area contributed by atoms with Gasteiger partial charge in [-0.25, -0.2) is 8.42 Å². The second-order valence-electron chi connectivity index (χ2n) is 9.60. The lowest BCUT2D eigenvalue weighted by Gasteiger charge is -2.23. The SMILES string of the molecule is CS(=O)(=O)c1ccc(C(=O)c2cccn2CC=Cc2cccc(COCC3(C(=O)O)CCCC3)c2)cc1. The molecule has 4 rings (SSSR count). The van der Waals surface area contributed by atoms with Crippen molar-refractivity contribution in [1.82, 2.24) is 4.57 Å². The van der Waals surface area contributed by atoms with Crippen LogP contribution in [0.4, 0.5) is 0 Å². The molecule has 7 nitrogen and oxygen atoms in total. The van der Waals surface area contributed by atoms with E-state index in [1.54, 1.807) is 12.1 Å². The number of hydrogen-bond acceptors (Lipinski definition) is 5. The van der Waals surface area contributed by atoms with Crippen molar-refractivity contribution >= 4 is 27.7 Å². The fourth-order valence-corrected chi connectivity index (χ4v) is 5.34. The summed E-state index contributed by atoms with van der Waals surface area (Å²) in [6.45, 7) is 1.06. The molecular weight excluding hydrogens is 490 g/mol. The maximum Gasteiger partial charge on any atom is 0.311 e. The predicted molar refractivity (Wildman–Crippen MR) is 141 cm³/mol. The lowest BCUT2D eigenvalue weighted by molar-refractivity contribution is -0.153. The summed E-state index contributed by atoms with van der Waals surface area (Å²) in [6.07, 6.45) is 10.1. The van der Waals surface area contributed by atoms with Crippen molar-refractivity contribution in [2.75, 3.05) is 12.9 Å². The van der Waals surface area contributed by atoms with Gasteiger partial charge in [-0.05, 0) is 66.4 Å². The minimum atomic E-state index is -3.32. The number of sulfone groups is 1. The highest BCUT2D eigenvalue weighted by molar-refractivity contribution is 7.90. The van der Waals surface area contributed by atoms with Crippen molar-refractivity contribution in [2.45, 2.75) is 43.7 Å². The van der Waals surface area contributed by atoms with Gasteiger partial charge in [-0.1, -0.05) is 43.2 Å². The Labute approximate surface area is 217 Å². The summed E-state index contributed by atoms with van der Waals surface area (Å²) in [5, 5.41) is 9.61. The van der Waals surface area contributed by atoms with Gasteiger partial charge in [0.2, 0.25) is 5.78 Å². The molecule has 1 fully saturated rings. The Morgan fingerprint density at radius 2 is 1.78 bits per heavy atom. The zero-order valence-corrected chi connectivity index (χ0v) is 21.6. The van der Waals surface area contributed by atoms with Crippen molar-refractivity contribution in [1.29, 1.82) is 0 Å². The molecule has 1 heterocycles. The van der Waals surface area contributed by atoms with E-state index in [1.807, 2.05) is 47.2 Å². The molecule has 3 aromatic rings. The number of carboxylic acid groups (broad SMARTS) is 1. The Bertz CT molecular complexity index is 1400. The molecule has 2 aromatic carbocycles.